The first-order valence-electron chi connectivity index (χ1n) is 7.35. The van der Waals surface area contributed by atoms with Crippen molar-refractivity contribution in [1.29, 1.82) is 0 Å². The predicted molar refractivity (Wildman–Crippen MR) is 71.7 cm³/mol. The monoisotopic (exact) mass is 265 g/mol. The first-order valence-corrected chi connectivity index (χ1v) is 7.35. The van der Waals surface area contributed by atoms with Crippen LogP contribution in [0, 0.1) is 0 Å². The van der Waals surface area contributed by atoms with Gasteiger partial charge < -0.3 is 14.6 Å². The average Bonchev–Trinajstić information content (AvgIpc) is 3.17. The zero-order chi connectivity index (χ0) is 13.1. The van der Waals surface area contributed by atoms with E-state index in [1.54, 1.807) is 0 Å². The quantitative estimate of drug-likeness (QED) is 0.845. The van der Waals surface area contributed by atoms with Gasteiger partial charge in [0.2, 0.25) is 0 Å². The molecule has 1 aliphatic carbocycles. The van der Waals surface area contributed by atoms with Crippen molar-refractivity contribution in [2.75, 3.05) is 19.8 Å². The van der Waals surface area contributed by atoms with Gasteiger partial charge in [-0.15, -0.1) is 0 Å². The average molecular weight is 265 g/mol. The molecule has 1 aliphatic heterocycles. The zero-order valence-electron chi connectivity index (χ0n) is 11.6. The molecule has 1 aromatic heterocycles. The van der Waals surface area contributed by atoms with Crippen LogP contribution in [0.4, 0.5) is 0 Å². The van der Waals surface area contributed by atoms with Gasteiger partial charge in [-0.05, 0) is 19.3 Å². The van der Waals surface area contributed by atoms with E-state index in [-0.39, 0.29) is 0 Å². The van der Waals surface area contributed by atoms with E-state index in [2.05, 4.69) is 28.4 Å². The fourth-order valence-electron chi connectivity index (χ4n) is 2.52. The van der Waals surface area contributed by atoms with E-state index in [1.807, 2.05) is 0 Å². The van der Waals surface area contributed by atoms with Crippen LogP contribution in [0.5, 0.6) is 0 Å². The number of aromatic nitrogens is 1. The molecule has 1 saturated carbocycles. The SMILES string of the molecule is CCC1COCCN1Cc1cc(CNC2CC2)no1. The Labute approximate surface area is 114 Å². The summed E-state index contributed by atoms with van der Waals surface area (Å²) in [5.41, 5.74) is 1.02. The summed E-state index contributed by atoms with van der Waals surface area (Å²) in [5, 5.41) is 7.59. The van der Waals surface area contributed by atoms with E-state index < -0.39 is 0 Å². The molecule has 1 unspecified atom stereocenters. The molecule has 1 N–H and O–H groups in total. The molecule has 0 amide bonds. The van der Waals surface area contributed by atoms with E-state index >= 15 is 0 Å². The van der Waals surface area contributed by atoms with E-state index in [4.69, 9.17) is 9.26 Å². The van der Waals surface area contributed by atoms with Crippen LogP contribution in [0.3, 0.4) is 0 Å². The Morgan fingerprint density at radius 1 is 1.47 bits per heavy atom. The fourth-order valence-corrected chi connectivity index (χ4v) is 2.52. The predicted octanol–water partition coefficient (Wildman–Crippen LogP) is 1.54. The molecule has 1 saturated heterocycles. The van der Waals surface area contributed by atoms with Gasteiger partial charge in [-0.3, -0.25) is 4.90 Å². The molecule has 0 spiro atoms. The second-order valence-corrected chi connectivity index (χ2v) is 5.55. The van der Waals surface area contributed by atoms with Crippen molar-refractivity contribution in [3.05, 3.63) is 17.5 Å². The number of hydrogen-bond donors (Lipinski definition) is 1. The van der Waals surface area contributed by atoms with Gasteiger partial charge in [0.25, 0.3) is 0 Å². The molecule has 5 heteroatoms. The third-order valence-electron chi connectivity index (χ3n) is 3.94. The Hall–Kier alpha value is -0.910. The van der Waals surface area contributed by atoms with Crippen LogP contribution in [-0.4, -0.2) is 41.9 Å². The summed E-state index contributed by atoms with van der Waals surface area (Å²) in [6.07, 6.45) is 3.72. The van der Waals surface area contributed by atoms with Gasteiger partial charge in [-0.2, -0.15) is 0 Å². The fraction of sp³-hybridized carbons (Fsp3) is 0.786. The van der Waals surface area contributed by atoms with Crippen LogP contribution in [0.1, 0.15) is 37.6 Å². The third kappa shape index (κ3) is 3.55. The van der Waals surface area contributed by atoms with E-state index in [1.165, 1.54) is 12.8 Å². The van der Waals surface area contributed by atoms with Gasteiger partial charge in [-0.25, -0.2) is 0 Å². The van der Waals surface area contributed by atoms with Gasteiger partial charge in [0.1, 0.15) is 0 Å². The minimum Gasteiger partial charge on any atom is -0.378 e. The summed E-state index contributed by atoms with van der Waals surface area (Å²) in [6, 6.07) is 3.30. The van der Waals surface area contributed by atoms with Crippen molar-refractivity contribution < 1.29 is 9.26 Å². The van der Waals surface area contributed by atoms with Crippen LogP contribution in [-0.2, 0) is 17.8 Å². The van der Waals surface area contributed by atoms with Crippen molar-refractivity contribution in [2.24, 2.45) is 0 Å². The molecule has 2 fully saturated rings. The molecule has 2 heterocycles. The Morgan fingerprint density at radius 3 is 3.16 bits per heavy atom. The Kier molecular flexibility index (Phi) is 4.15. The van der Waals surface area contributed by atoms with Crippen molar-refractivity contribution in [3.8, 4) is 0 Å². The summed E-state index contributed by atoms with van der Waals surface area (Å²) in [4.78, 5) is 2.43. The second kappa shape index (κ2) is 6.03. The van der Waals surface area contributed by atoms with Crippen LogP contribution >= 0.6 is 0 Å². The maximum Gasteiger partial charge on any atom is 0.151 e. The number of ether oxygens (including phenoxy) is 1. The second-order valence-electron chi connectivity index (χ2n) is 5.55. The molecule has 3 rings (SSSR count). The topological polar surface area (TPSA) is 50.5 Å². The molecule has 0 bridgehead atoms. The summed E-state index contributed by atoms with van der Waals surface area (Å²) in [5.74, 6) is 0.966. The summed E-state index contributed by atoms with van der Waals surface area (Å²) in [6.45, 7) is 6.51. The number of morpholine rings is 1. The van der Waals surface area contributed by atoms with E-state index in [0.717, 1.165) is 50.7 Å². The standard InChI is InChI=1S/C14H23N3O2/c1-2-13-10-18-6-5-17(13)9-14-7-12(16-19-14)8-15-11-3-4-11/h7,11,13,15H,2-6,8-10H2,1H3. The van der Waals surface area contributed by atoms with Gasteiger partial charge in [0.15, 0.2) is 5.76 Å². The number of rotatable bonds is 6. The minimum atomic E-state index is 0.506. The molecule has 0 aromatic carbocycles. The smallest absolute Gasteiger partial charge is 0.151 e. The molecule has 106 valence electrons. The Balaban J connectivity index is 1.52. The summed E-state index contributed by atoms with van der Waals surface area (Å²) >= 11 is 0. The minimum absolute atomic E-state index is 0.506. The lowest BCUT2D eigenvalue weighted by Gasteiger charge is -2.34. The first kappa shape index (κ1) is 13.1. The van der Waals surface area contributed by atoms with E-state index in [9.17, 15) is 0 Å². The molecule has 19 heavy (non-hydrogen) atoms. The number of nitrogens with zero attached hydrogens (tertiary/aromatic N) is 2. The molecule has 2 aliphatic rings. The van der Waals surface area contributed by atoms with E-state index in [0.29, 0.717) is 12.1 Å². The molecular weight excluding hydrogens is 242 g/mol. The number of hydrogen-bond acceptors (Lipinski definition) is 5. The lowest BCUT2D eigenvalue weighted by Crippen LogP contribution is -2.44. The van der Waals surface area contributed by atoms with Crippen molar-refractivity contribution >= 4 is 0 Å². The zero-order valence-corrected chi connectivity index (χ0v) is 11.6. The molecule has 5 nitrogen and oxygen atoms in total. The van der Waals surface area contributed by atoms with Crippen LogP contribution in [0.25, 0.3) is 0 Å². The van der Waals surface area contributed by atoms with Gasteiger partial charge in [0, 0.05) is 31.2 Å². The molecule has 0 radical (unpaired) electrons. The normalized spacial score (nSPS) is 24.8. The maximum atomic E-state index is 5.52. The van der Waals surface area contributed by atoms with Crippen molar-refractivity contribution in [2.45, 2.75) is 51.4 Å². The van der Waals surface area contributed by atoms with Crippen molar-refractivity contribution in [1.82, 2.24) is 15.4 Å². The lowest BCUT2D eigenvalue weighted by molar-refractivity contribution is -0.0160. The third-order valence-corrected chi connectivity index (χ3v) is 3.94. The van der Waals surface area contributed by atoms with Gasteiger partial charge >= 0.3 is 0 Å². The first-order chi connectivity index (χ1) is 9.35. The highest BCUT2D eigenvalue weighted by molar-refractivity contribution is 5.06. The highest BCUT2D eigenvalue weighted by Gasteiger charge is 2.23. The highest BCUT2D eigenvalue weighted by atomic mass is 16.5. The van der Waals surface area contributed by atoms with Gasteiger partial charge in [-0.1, -0.05) is 12.1 Å². The largest absolute Gasteiger partial charge is 0.378 e. The van der Waals surface area contributed by atoms with Gasteiger partial charge in [0.05, 0.1) is 25.5 Å². The molecular formula is C14H23N3O2. The van der Waals surface area contributed by atoms with Crippen LogP contribution < -0.4 is 5.32 Å². The lowest BCUT2D eigenvalue weighted by atomic mass is 10.1. The Bertz CT molecular complexity index is 403. The number of nitrogens with one attached hydrogen (secondary N) is 1. The molecule has 1 atom stereocenters. The van der Waals surface area contributed by atoms with Crippen molar-refractivity contribution in [3.63, 3.8) is 0 Å². The highest BCUT2D eigenvalue weighted by Crippen LogP contribution is 2.20. The summed E-state index contributed by atoms with van der Waals surface area (Å²) < 4.78 is 11.0. The van der Waals surface area contributed by atoms with Crippen LogP contribution in [0.2, 0.25) is 0 Å². The molecule has 1 aromatic rings. The van der Waals surface area contributed by atoms with Crippen LogP contribution in [0.15, 0.2) is 10.6 Å². The summed E-state index contributed by atoms with van der Waals surface area (Å²) in [7, 11) is 0. The Morgan fingerprint density at radius 2 is 2.37 bits per heavy atom. The maximum absolute atomic E-state index is 5.52.